The lowest BCUT2D eigenvalue weighted by Crippen LogP contribution is -2.28. The number of aromatic nitrogens is 3. The Balaban J connectivity index is 1.87. The van der Waals surface area contributed by atoms with Crippen molar-refractivity contribution in [3.63, 3.8) is 0 Å². The molecule has 1 aromatic carbocycles. The van der Waals surface area contributed by atoms with Crippen molar-refractivity contribution >= 4 is 28.1 Å². The van der Waals surface area contributed by atoms with E-state index in [1.54, 1.807) is 6.07 Å². The Morgan fingerprint density at radius 2 is 2.19 bits per heavy atom. The molecule has 0 aliphatic heterocycles. The van der Waals surface area contributed by atoms with Gasteiger partial charge in [-0.2, -0.15) is 10.2 Å². The molecule has 3 N–H and O–H groups in total. The molecule has 138 valence electrons. The summed E-state index contributed by atoms with van der Waals surface area (Å²) < 4.78 is 6.40. The van der Waals surface area contributed by atoms with Gasteiger partial charge in [0.2, 0.25) is 5.91 Å². The third-order valence-electron chi connectivity index (χ3n) is 3.09. The van der Waals surface area contributed by atoms with Crippen LogP contribution in [0.3, 0.4) is 0 Å². The topological polar surface area (TPSA) is 129 Å². The number of halogens is 1. The summed E-state index contributed by atoms with van der Waals surface area (Å²) >= 11 is 3.42. The van der Waals surface area contributed by atoms with Crippen molar-refractivity contribution in [2.75, 3.05) is 0 Å². The minimum Gasteiger partial charge on any atom is -0.490 e. The maximum atomic E-state index is 11.8. The van der Waals surface area contributed by atoms with Crippen LogP contribution in [-0.4, -0.2) is 33.4 Å². The van der Waals surface area contributed by atoms with Crippen LogP contribution in [0.5, 0.6) is 5.75 Å². The van der Waals surface area contributed by atoms with Crippen LogP contribution in [0.2, 0.25) is 0 Å². The zero-order valence-corrected chi connectivity index (χ0v) is 15.8. The van der Waals surface area contributed by atoms with Gasteiger partial charge in [0.05, 0.1) is 16.8 Å². The van der Waals surface area contributed by atoms with E-state index in [1.165, 1.54) is 6.21 Å². The van der Waals surface area contributed by atoms with Crippen molar-refractivity contribution in [2.24, 2.45) is 5.10 Å². The molecule has 0 bridgehead atoms. The molecular formula is C16H18BrN5O4. The largest absolute Gasteiger partial charge is 0.490 e. The fraction of sp³-hybridized carbons (Fsp3) is 0.312. The van der Waals surface area contributed by atoms with Gasteiger partial charge in [-0.15, -0.1) is 0 Å². The third-order valence-corrected chi connectivity index (χ3v) is 3.71. The average Bonchev–Trinajstić information content (AvgIpc) is 2.56. The lowest BCUT2D eigenvalue weighted by molar-refractivity contribution is -0.121. The minimum atomic E-state index is -0.691. The molecule has 0 spiro atoms. The number of carbonyl (C=O) groups is 1. The van der Waals surface area contributed by atoms with Crippen molar-refractivity contribution in [1.82, 2.24) is 20.6 Å². The van der Waals surface area contributed by atoms with Gasteiger partial charge in [-0.25, -0.2) is 15.3 Å². The molecule has 2 aromatic rings. The quantitative estimate of drug-likeness (QED) is 0.453. The second kappa shape index (κ2) is 9.09. The van der Waals surface area contributed by atoms with Gasteiger partial charge < -0.3 is 4.74 Å². The molecule has 0 radical (unpaired) electrons. The number of nitrogens with one attached hydrogen (secondary N) is 3. The molecule has 1 aromatic heterocycles. The zero-order chi connectivity index (χ0) is 19.1. The van der Waals surface area contributed by atoms with Crippen molar-refractivity contribution in [2.45, 2.75) is 32.8 Å². The van der Waals surface area contributed by atoms with Gasteiger partial charge in [-0.05, 0) is 53.5 Å². The van der Waals surface area contributed by atoms with E-state index >= 15 is 0 Å². The highest BCUT2D eigenvalue weighted by atomic mass is 79.9. The zero-order valence-electron chi connectivity index (χ0n) is 14.2. The molecule has 26 heavy (non-hydrogen) atoms. The first-order valence-electron chi connectivity index (χ1n) is 7.81. The van der Waals surface area contributed by atoms with Gasteiger partial charge in [-0.1, -0.05) is 0 Å². The number of hydrogen-bond donors (Lipinski definition) is 3. The number of hydrogen-bond acceptors (Lipinski definition) is 6. The van der Waals surface area contributed by atoms with Gasteiger partial charge >= 0.3 is 5.69 Å². The Morgan fingerprint density at radius 1 is 1.42 bits per heavy atom. The molecule has 0 saturated carbocycles. The molecule has 10 heteroatoms. The van der Waals surface area contributed by atoms with E-state index in [-0.39, 0.29) is 30.5 Å². The molecule has 0 saturated heterocycles. The first-order valence-corrected chi connectivity index (χ1v) is 8.60. The molecule has 1 amide bonds. The lowest BCUT2D eigenvalue weighted by Gasteiger charge is -2.11. The first-order chi connectivity index (χ1) is 12.3. The number of hydrazone groups is 1. The summed E-state index contributed by atoms with van der Waals surface area (Å²) in [6.07, 6.45) is 1.64. The molecule has 2 rings (SSSR count). The van der Waals surface area contributed by atoms with Gasteiger partial charge in [0.25, 0.3) is 5.56 Å². The van der Waals surface area contributed by atoms with Crippen molar-refractivity contribution in [1.29, 1.82) is 0 Å². The minimum absolute atomic E-state index is 0.00429. The third kappa shape index (κ3) is 5.96. The second-order valence-electron chi connectivity index (χ2n) is 5.60. The van der Waals surface area contributed by atoms with Crippen LogP contribution in [-0.2, 0) is 11.2 Å². The highest BCUT2D eigenvalue weighted by molar-refractivity contribution is 9.10. The predicted octanol–water partition coefficient (Wildman–Crippen LogP) is 1.09. The van der Waals surface area contributed by atoms with Crippen molar-refractivity contribution in [3.05, 3.63) is 54.8 Å². The number of nitrogens with zero attached hydrogens (tertiary/aromatic N) is 2. The fourth-order valence-electron chi connectivity index (χ4n) is 1.96. The summed E-state index contributed by atoms with van der Waals surface area (Å²) in [6, 6.07) is 5.43. The highest BCUT2D eigenvalue weighted by Crippen LogP contribution is 2.26. The van der Waals surface area contributed by atoms with Gasteiger partial charge in [0.15, 0.2) is 0 Å². The monoisotopic (exact) mass is 423 g/mol. The number of aromatic amines is 2. The number of carbonyl (C=O) groups excluding carboxylic acids is 1. The van der Waals surface area contributed by atoms with Crippen molar-refractivity contribution < 1.29 is 9.53 Å². The van der Waals surface area contributed by atoms with Crippen LogP contribution >= 0.6 is 15.9 Å². The number of ether oxygens (including phenoxy) is 1. The molecule has 0 atom stereocenters. The predicted molar refractivity (Wildman–Crippen MR) is 99.4 cm³/mol. The van der Waals surface area contributed by atoms with Crippen LogP contribution in [0.15, 0.2) is 37.4 Å². The summed E-state index contributed by atoms with van der Waals surface area (Å²) in [5.41, 5.74) is 1.91. The normalized spacial score (nSPS) is 11.1. The van der Waals surface area contributed by atoms with Crippen LogP contribution in [0.1, 0.15) is 31.5 Å². The van der Waals surface area contributed by atoms with Gasteiger partial charge in [0, 0.05) is 12.8 Å². The highest BCUT2D eigenvalue weighted by Gasteiger charge is 2.07. The van der Waals surface area contributed by atoms with E-state index in [4.69, 9.17) is 4.74 Å². The summed E-state index contributed by atoms with van der Waals surface area (Å²) in [6.45, 7) is 3.88. The smallest absolute Gasteiger partial charge is 0.342 e. The molecule has 0 aliphatic rings. The van der Waals surface area contributed by atoms with Crippen LogP contribution in [0.4, 0.5) is 0 Å². The Morgan fingerprint density at radius 3 is 2.85 bits per heavy atom. The Labute approximate surface area is 157 Å². The van der Waals surface area contributed by atoms with Crippen LogP contribution in [0, 0.1) is 0 Å². The molecular weight excluding hydrogens is 406 g/mol. The SMILES string of the molecule is CC(C)Oc1ccc(/C=N/NC(=O)CCc2n[nH]c(=O)[nH]c2=O)cc1Br. The molecule has 0 unspecified atom stereocenters. The van der Waals surface area contributed by atoms with E-state index in [0.29, 0.717) is 0 Å². The summed E-state index contributed by atoms with van der Waals surface area (Å²) in [5.74, 6) is 0.340. The maximum absolute atomic E-state index is 11.8. The molecule has 0 aliphatic carbocycles. The Hall–Kier alpha value is -2.75. The maximum Gasteiger partial charge on any atom is 0.342 e. The van der Waals surface area contributed by atoms with E-state index in [2.05, 4.69) is 36.7 Å². The van der Waals surface area contributed by atoms with Gasteiger partial charge in [0.1, 0.15) is 11.4 Å². The summed E-state index contributed by atoms with van der Waals surface area (Å²) in [5, 5.41) is 9.58. The number of H-pyrrole nitrogens is 2. The first kappa shape index (κ1) is 19.6. The number of rotatable bonds is 7. The van der Waals surface area contributed by atoms with Crippen molar-refractivity contribution in [3.8, 4) is 5.75 Å². The number of benzene rings is 1. The average molecular weight is 424 g/mol. The lowest BCUT2D eigenvalue weighted by atomic mass is 10.2. The molecule has 9 nitrogen and oxygen atoms in total. The van der Waals surface area contributed by atoms with Crippen LogP contribution in [0.25, 0.3) is 0 Å². The molecule has 1 heterocycles. The number of aryl methyl sites for hydroxylation is 1. The van der Waals surface area contributed by atoms with E-state index in [1.807, 2.05) is 31.0 Å². The molecule has 0 fully saturated rings. The van der Waals surface area contributed by atoms with E-state index in [9.17, 15) is 14.4 Å². The summed E-state index contributed by atoms with van der Waals surface area (Å²) in [4.78, 5) is 36.1. The summed E-state index contributed by atoms with van der Waals surface area (Å²) in [7, 11) is 0. The fourth-order valence-corrected chi connectivity index (χ4v) is 2.45. The van der Waals surface area contributed by atoms with E-state index < -0.39 is 11.2 Å². The Kier molecular flexibility index (Phi) is 6.84. The number of amides is 1. The van der Waals surface area contributed by atoms with Crippen LogP contribution < -0.4 is 21.4 Å². The van der Waals surface area contributed by atoms with E-state index in [0.717, 1.165) is 15.8 Å². The Bertz CT molecular complexity index is 919. The second-order valence-corrected chi connectivity index (χ2v) is 6.46. The van der Waals surface area contributed by atoms with Gasteiger partial charge in [-0.3, -0.25) is 14.6 Å². The standard InChI is InChI=1S/C16H18BrN5O4/c1-9(2)26-13-5-3-10(7-11(13)17)8-18-21-14(23)6-4-12-15(24)19-16(25)22-20-12/h3,5,7-9H,4,6H2,1-2H3,(H,21,23)(H2,19,22,24,25)/b18-8+.